The molecule has 0 saturated carbocycles. The summed E-state index contributed by atoms with van der Waals surface area (Å²) in [6.45, 7) is 4.28. The van der Waals surface area contributed by atoms with Crippen LogP contribution in [-0.4, -0.2) is 12.4 Å². The van der Waals surface area contributed by atoms with Crippen LogP contribution in [0.15, 0.2) is 70.9 Å². The molecule has 2 heteroatoms. The minimum atomic E-state index is 1.07. The summed E-state index contributed by atoms with van der Waals surface area (Å²) in [6, 6.07) is 17.0. The van der Waals surface area contributed by atoms with Gasteiger partial charge in [-0.2, -0.15) is 10.2 Å². The summed E-state index contributed by atoms with van der Waals surface area (Å²) in [5.74, 6) is 0. The summed E-state index contributed by atoms with van der Waals surface area (Å²) in [7, 11) is 0. The molecular formula is C23H28N2. The lowest BCUT2D eigenvalue weighted by Crippen LogP contribution is -1.87. The van der Waals surface area contributed by atoms with Crippen LogP contribution in [0.5, 0.6) is 0 Å². The molecule has 0 amide bonds. The number of hydrogen-bond acceptors (Lipinski definition) is 2. The SMILES string of the molecule is C/C=C/CCc1ccc(/C=N/N=C/c2ccc(CCCC)cc2)cc1. The molecule has 2 rings (SSSR count). The number of hydrogen-bond donors (Lipinski definition) is 0. The third-order valence-electron chi connectivity index (χ3n) is 4.09. The first-order chi connectivity index (χ1) is 12.3. The molecule has 0 saturated heterocycles. The molecule has 0 fully saturated rings. The van der Waals surface area contributed by atoms with Gasteiger partial charge in [0.25, 0.3) is 0 Å². The Bertz CT molecular complexity index is 692. The summed E-state index contributed by atoms with van der Waals surface area (Å²) >= 11 is 0. The Morgan fingerprint density at radius 3 is 1.76 bits per heavy atom. The second-order valence-electron chi connectivity index (χ2n) is 6.18. The minimum Gasteiger partial charge on any atom is -0.159 e. The summed E-state index contributed by atoms with van der Waals surface area (Å²) in [5.41, 5.74) is 4.89. The molecule has 25 heavy (non-hydrogen) atoms. The highest BCUT2D eigenvalue weighted by molar-refractivity contribution is 5.82. The number of aryl methyl sites for hydroxylation is 2. The van der Waals surface area contributed by atoms with Crippen molar-refractivity contribution in [2.75, 3.05) is 0 Å². The topological polar surface area (TPSA) is 24.7 Å². The largest absolute Gasteiger partial charge is 0.159 e. The van der Waals surface area contributed by atoms with Crippen molar-refractivity contribution in [3.63, 3.8) is 0 Å². The molecule has 0 spiro atoms. The van der Waals surface area contributed by atoms with Crippen molar-refractivity contribution in [3.05, 3.63) is 82.9 Å². The van der Waals surface area contributed by atoms with E-state index in [0.29, 0.717) is 0 Å². The van der Waals surface area contributed by atoms with E-state index >= 15 is 0 Å². The average Bonchev–Trinajstić information content (AvgIpc) is 2.66. The summed E-state index contributed by atoms with van der Waals surface area (Å²) < 4.78 is 0. The molecule has 0 radical (unpaired) electrons. The lowest BCUT2D eigenvalue weighted by atomic mass is 10.1. The van der Waals surface area contributed by atoms with Crippen molar-refractivity contribution in [3.8, 4) is 0 Å². The van der Waals surface area contributed by atoms with Crippen LogP contribution in [0, 0.1) is 0 Å². The van der Waals surface area contributed by atoms with Gasteiger partial charge >= 0.3 is 0 Å². The fourth-order valence-corrected chi connectivity index (χ4v) is 2.54. The van der Waals surface area contributed by atoms with Crippen LogP contribution in [0.3, 0.4) is 0 Å². The number of rotatable bonds is 9. The Labute approximate surface area is 152 Å². The zero-order chi connectivity index (χ0) is 17.7. The molecule has 0 heterocycles. The highest BCUT2D eigenvalue weighted by atomic mass is 15.2. The van der Waals surface area contributed by atoms with Crippen molar-refractivity contribution in [1.29, 1.82) is 0 Å². The van der Waals surface area contributed by atoms with Gasteiger partial charge in [-0.15, -0.1) is 0 Å². The van der Waals surface area contributed by atoms with Crippen LogP contribution in [0.1, 0.15) is 55.4 Å². The monoisotopic (exact) mass is 332 g/mol. The molecule has 0 N–H and O–H groups in total. The number of benzene rings is 2. The molecule has 130 valence electrons. The first-order valence-electron chi connectivity index (χ1n) is 9.17. The maximum atomic E-state index is 4.15. The third-order valence-corrected chi connectivity index (χ3v) is 4.09. The normalized spacial score (nSPS) is 11.9. The lowest BCUT2D eigenvalue weighted by molar-refractivity contribution is 0.795. The predicted molar refractivity (Wildman–Crippen MR) is 110 cm³/mol. The molecule has 0 aliphatic heterocycles. The van der Waals surface area contributed by atoms with Crippen LogP contribution < -0.4 is 0 Å². The van der Waals surface area contributed by atoms with Gasteiger partial charge in [-0.05, 0) is 54.9 Å². The first kappa shape index (κ1) is 18.9. The maximum Gasteiger partial charge on any atom is 0.0568 e. The number of nitrogens with zero attached hydrogens (tertiary/aromatic N) is 2. The van der Waals surface area contributed by atoms with Gasteiger partial charge in [0, 0.05) is 0 Å². The van der Waals surface area contributed by atoms with E-state index in [-0.39, 0.29) is 0 Å². The molecule has 0 aliphatic carbocycles. The Balaban J connectivity index is 1.84. The van der Waals surface area contributed by atoms with Gasteiger partial charge in [-0.1, -0.05) is 74.0 Å². The smallest absolute Gasteiger partial charge is 0.0568 e. The predicted octanol–water partition coefficient (Wildman–Crippen LogP) is 5.99. The molecule has 2 nitrogen and oxygen atoms in total. The Morgan fingerprint density at radius 2 is 1.28 bits per heavy atom. The zero-order valence-electron chi connectivity index (χ0n) is 15.4. The van der Waals surface area contributed by atoms with Crippen molar-refractivity contribution in [2.24, 2.45) is 10.2 Å². The van der Waals surface area contributed by atoms with Crippen molar-refractivity contribution >= 4 is 12.4 Å². The highest BCUT2D eigenvalue weighted by Gasteiger charge is 1.93. The first-order valence-corrected chi connectivity index (χ1v) is 9.17. The quantitative estimate of drug-likeness (QED) is 0.306. The van der Waals surface area contributed by atoms with Crippen molar-refractivity contribution < 1.29 is 0 Å². The molecule has 0 unspecified atom stereocenters. The van der Waals surface area contributed by atoms with Gasteiger partial charge in [-0.25, -0.2) is 0 Å². The van der Waals surface area contributed by atoms with Crippen LogP contribution in [0.2, 0.25) is 0 Å². The van der Waals surface area contributed by atoms with Crippen LogP contribution in [0.4, 0.5) is 0 Å². The lowest BCUT2D eigenvalue weighted by Gasteiger charge is -1.99. The Morgan fingerprint density at radius 1 is 0.760 bits per heavy atom. The fraction of sp³-hybridized carbons (Fsp3) is 0.304. The summed E-state index contributed by atoms with van der Waals surface area (Å²) in [6.07, 6.45) is 13.7. The van der Waals surface area contributed by atoms with E-state index < -0.39 is 0 Å². The highest BCUT2D eigenvalue weighted by Crippen LogP contribution is 2.07. The van der Waals surface area contributed by atoms with E-state index in [9.17, 15) is 0 Å². The zero-order valence-corrected chi connectivity index (χ0v) is 15.4. The van der Waals surface area contributed by atoms with Gasteiger partial charge < -0.3 is 0 Å². The average molecular weight is 332 g/mol. The fourth-order valence-electron chi connectivity index (χ4n) is 2.54. The number of unbranched alkanes of at least 4 members (excludes halogenated alkanes) is 1. The van der Waals surface area contributed by atoms with Gasteiger partial charge in [0.2, 0.25) is 0 Å². The van der Waals surface area contributed by atoms with Crippen LogP contribution >= 0.6 is 0 Å². The van der Waals surface area contributed by atoms with Gasteiger partial charge in [0.15, 0.2) is 0 Å². The van der Waals surface area contributed by atoms with E-state index in [1.807, 2.05) is 0 Å². The molecule has 0 bridgehead atoms. The second-order valence-corrected chi connectivity index (χ2v) is 6.18. The maximum absolute atomic E-state index is 4.15. The third kappa shape index (κ3) is 7.30. The van der Waals surface area contributed by atoms with E-state index in [1.54, 1.807) is 12.4 Å². The van der Waals surface area contributed by atoms with E-state index in [2.05, 4.69) is 84.7 Å². The van der Waals surface area contributed by atoms with E-state index in [1.165, 1.54) is 24.0 Å². The molecule has 0 atom stereocenters. The standard InChI is InChI=1S/C23H28N2/c1-3-5-7-9-21-12-16-23(17-13-21)19-25-24-18-22-14-10-20(11-15-22)8-6-4-2/h3,5,10-19H,4,6-9H2,1-2H3/b5-3+,24-18+,25-19+. The minimum absolute atomic E-state index is 1.07. The molecule has 0 aromatic heterocycles. The second kappa shape index (κ2) is 11.1. The van der Waals surface area contributed by atoms with Crippen molar-refractivity contribution in [1.82, 2.24) is 0 Å². The Hall–Kier alpha value is -2.48. The molecule has 2 aromatic carbocycles. The van der Waals surface area contributed by atoms with Crippen molar-refractivity contribution in [2.45, 2.75) is 46.0 Å². The van der Waals surface area contributed by atoms with E-state index in [0.717, 1.165) is 30.4 Å². The Kier molecular flexibility index (Phi) is 8.40. The van der Waals surface area contributed by atoms with Gasteiger partial charge in [0.1, 0.15) is 0 Å². The molecule has 0 aliphatic rings. The van der Waals surface area contributed by atoms with Crippen LogP contribution in [0.25, 0.3) is 0 Å². The summed E-state index contributed by atoms with van der Waals surface area (Å²) in [4.78, 5) is 0. The van der Waals surface area contributed by atoms with Gasteiger partial charge in [-0.3, -0.25) is 0 Å². The van der Waals surface area contributed by atoms with Gasteiger partial charge in [0.05, 0.1) is 12.4 Å². The molecular weight excluding hydrogens is 304 g/mol. The van der Waals surface area contributed by atoms with E-state index in [4.69, 9.17) is 0 Å². The van der Waals surface area contributed by atoms with Crippen LogP contribution in [-0.2, 0) is 12.8 Å². The molecule has 2 aromatic rings. The summed E-state index contributed by atoms with van der Waals surface area (Å²) in [5, 5.41) is 8.29. The number of allylic oxidation sites excluding steroid dienone is 2.